The molecule has 1 spiro atoms. The van der Waals surface area contributed by atoms with Crippen molar-refractivity contribution in [3.05, 3.63) is 17.9 Å². The zero-order valence-corrected chi connectivity index (χ0v) is 5.74. The average Bonchev–Trinajstić information content (AvgIpc) is 2.30. The topological polar surface area (TPSA) is 0 Å². The molecule has 0 amide bonds. The minimum Gasteiger partial charge on any atom is -0.129 e. The summed E-state index contributed by atoms with van der Waals surface area (Å²) in [6.07, 6.45) is 7.03. The van der Waals surface area contributed by atoms with Gasteiger partial charge in [-0.25, -0.2) is 0 Å². The summed E-state index contributed by atoms with van der Waals surface area (Å²) >= 11 is 0. The number of hydrogen-bond donors (Lipinski definition) is 0. The van der Waals surface area contributed by atoms with Gasteiger partial charge in [-0.2, -0.15) is 0 Å². The Bertz CT molecular complexity index is 176. The van der Waals surface area contributed by atoms with Crippen molar-refractivity contribution in [1.82, 2.24) is 0 Å². The lowest BCUT2D eigenvalue weighted by Gasteiger charge is -1.98. The first-order chi connectivity index (χ1) is 4.37. The van der Waals surface area contributed by atoms with Crippen molar-refractivity contribution in [1.29, 1.82) is 0 Å². The fourth-order valence-electron chi connectivity index (χ4n) is 2.07. The molecule has 2 aliphatic carbocycles. The summed E-state index contributed by atoms with van der Waals surface area (Å²) in [7, 11) is 0. The summed E-state index contributed by atoms with van der Waals surface area (Å²) in [5, 5.41) is 0. The molecule has 2 aliphatic rings. The Morgan fingerprint density at radius 1 is 1.33 bits per heavy atom. The molecule has 0 saturated heterocycles. The molecular weight excluding hydrogens is 108 g/mol. The Labute approximate surface area is 56.3 Å². The molecule has 0 unspecified atom stereocenters. The zero-order chi connectivity index (χ0) is 6.32. The smallest absolute Gasteiger partial charge is 0.00312 e. The van der Waals surface area contributed by atoms with Gasteiger partial charge in [0.1, 0.15) is 0 Å². The largest absolute Gasteiger partial charge is 0.129 e. The molecule has 0 aromatic rings. The minimum atomic E-state index is 0.655. The van der Waals surface area contributed by atoms with Crippen molar-refractivity contribution in [3.63, 3.8) is 0 Å². The molecule has 0 heteroatoms. The molecule has 0 aliphatic heterocycles. The zero-order valence-electron chi connectivity index (χ0n) is 5.74. The van der Waals surface area contributed by atoms with Crippen molar-refractivity contribution in [3.8, 4) is 0 Å². The first-order valence-electron chi connectivity index (χ1n) is 3.77. The third-order valence-corrected chi connectivity index (χ3v) is 2.80. The summed E-state index contributed by atoms with van der Waals surface area (Å²) in [6.45, 7) is 3.68. The van der Waals surface area contributed by atoms with Crippen LogP contribution in [-0.2, 0) is 0 Å². The lowest BCUT2D eigenvalue weighted by Crippen LogP contribution is -1.88. The van der Waals surface area contributed by atoms with Gasteiger partial charge in [0.05, 0.1) is 0 Å². The summed E-state index contributed by atoms with van der Waals surface area (Å²) in [6, 6.07) is 0. The normalized spacial score (nSPS) is 28.7. The number of rotatable bonds is 0. The van der Waals surface area contributed by atoms with Crippen molar-refractivity contribution < 1.29 is 0 Å². The number of hydrogen-bond acceptors (Lipinski definition) is 0. The fraction of sp³-hybridized carbons (Fsp3) is 0.667. The van der Waals surface area contributed by atoms with Crippen LogP contribution in [0.2, 0.25) is 0 Å². The van der Waals surface area contributed by atoms with Gasteiger partial charge in [-0.1, -0.05) is 19.4 Å². The molecule has 0 radical (unpaired) electrons. The molecule has 0 N–H and O–H groups in total. The average molecular weight is 120 g/mol. The molecular formula is C9H12. The van der Waals surface area contributed by atoms with Crippen LogP contribution in [0.3, 0.4) is 0 Å². The van der Waals surface area contributed by atoms with Crippen molar-refractivity contribution in [2.75, 3.05) is 0 Å². The SMILES string of the molecule is C=C=C1CC12CCCC2. The first kappa shape index (κ1) is 5.32. The lowest BCUT2D eigenvalue weighted by molar-refractivity contribution is 0.564. The molecule has 0 heterocycles. The van der Waals surface area contributed by atoms with E-state index in [1.54, 1.807) is 0 Å². The van der Waals surface area contributed by atoms with E-state index in [1.165, 1.54) is 37.7 Å². The van der Waals surface area contributed by atoms with Gasteiger partial charge in [0.15, 0.2) is 0 Å². The van der Waals surface area contributed by atoms with Crippen LogP contribution < -0.4 is 0 Å². The van der Waals surface area contributed by atoms with Crippen LogP contribution in [-0.4, -0.2) is 0 Å². The summed E-state index contributed by atoms with van der Waals surface area (Å²) in [5.41, 5.74) is 5.21. The van der Waals surface area contributed by atoms with Crippen LogP contribution in [0.5, 0.6) is 0 Å². The van der Waals surface area contributed by atoms with E-state index >= 15 is 0 Å². The maximum Gasteiger partial charge on any atom is 0.00312 e. The Kier molecular flexibility index (Phi) is 0.896. The molecule has 0 aromatic carbocycles. The monoisotopic (exact) mass is 120 g/mol. The lowest BCUT2D eigenvalue weighted by atomic mass is 10.1. The van der Waals surface area contributed by atoms with Crippen molar-refractivity contribution in [2.45, 2.75) is 32.1 Å². The Morgan fingerprint density at radius 3 is 2.44 bits per heavy atom. The van der Waals surface area contributed by atoms with E-state index < -0.39 is 0 Å². The second kappa shape index (κ2) is 1.52. The van der Waals surface area contributed by atoms with Gasteiger partial charge < -0.3 is 0 Å². The van der Waals surface area contributed by atoms with Gasteiger partial charge in [0.2, 0.25) is 0 Å². The van der Waals surface area contributed by atoms with Crippen molar-refractivity contribution in [2.24, 2.45) is 5.41 Å². The van der Waals surface area contributed by atoms with Gasteiger partial charge in [-0.15, -0.1) is 5.73 Å². The molecule has 9 heavy (non-hydrogen) atoms. The van der Waals surface area contributed by atoms with Gasteiger partial charge in [-0.05, 0) is 24.8 Å². The van der Waals surface area contributed by atoms with E-state index in [0.717, 1.165) is 0 Å². The van der Waals surface area contributed by atoms with Crippen LogP contribution >= 0.6 is 0 Å². The van der Waals surface area contributed by atoms with E-state index in [4.69, 9.17) is 0 Å². The molecule has 2 rings (SSSR count). The van der Waals surface area contributed by atoms with Crippen LogP contribution in [0, 0.1) is 5.41 Å². The van der Waals surface area contributed by atoms with E-state index in [9.17, 15) is 0 Å². The summed E-state index contributed by atoms with van der Waals surface area (Å²) in [4.78, 5) is 0. The highest BCUT2D eigenvalue weighted by Gasteiger charge is 2.49. The van der Waals surface area contributed by atoms with Crippen LogP contribution in [0.25, 0.3) is 0 Å². The number of allylic oxidation sites excluding steroid dienone is 1. The minimum absolute atomic E-state index is 0.655. The molecule has 0 aromatic heterocycles. The predicted molar refractivity (Wildman–Crippen MR) is 38.2 cm³/mol. The van der Waals surface area contributed by atoms with Gasteiger partial charge in [0, 0.05) is 5.41 Å². The maximum atomic E-state index is 3.68. The molecule has 0 bridgehead atoms. The fourth-order valence-corrected chi connectivity index (χ4v) is 2.07. The van der Waals surface area contributed by atoms with Gasteiger partial charge >= 0.3 is 0 Å². The predicted octanol–water partition coefficient (Wildman–Crippen LogP) is 2.66. The van der Waals surface area contributed by atoms with E-state index in [2.05, 4.69) is 12.3 Å². The van der Waals surface area contributed by atoms with E-state index in [-0.39, 0.29) is 0 Å². The van der Waals surface area contributed by atoms with Crippen LogP contribution in [0.1, 0.15) is 32.1 Å². The quantitative estimate of drug-likeness (QED) is 0.431. The highest BCUT2D eigenvalue weighted by molar-refractivity contribution is 5.32. The highest BCUT2D eigenvalue weighted by Crippen LogP contribution is 2.61. The van der Waals surface area contributed by atoms with Gasteiger partial charge in [0.25, 0.3) is 0 Å². The Morgan fingerprint density at radius 2 is 2.00 bits per heavy atom. The third kappa shape index (κ3) is 0.601. The highest BCUT2D eigenvalue weighted by atomic mass is 14.5. The second-order valence-corrected chi connectivity index (χ2v) is 3.32. The Balaban J connectivity index is 2.22. The van der Waals surface area contributed by atoms with Crippen LogP contribution in [0.15, 0.2) is 17.9 Å². The second-order valence-electron chi connectivity index (χ2n) is 3.32. The maximum absolute atomic E-state index is 3.68. The summed E-state index contributed by atoms with van der Waals surface area (Å²) < 4.78 is 0. The van der Waals surface area contributed by atoms with E-state index in [0.29, 0.717) is 5.41 Å². The molecule has 0 atom stereocenters. The van der Waals surface area contributed by atoms with Crippen LogP contribution in [0.4, 0.5) is 0 Å². The van der Waals surface area contributed by atoms with Gasteiger partial charge in [-0.3, -0.25) is 0 Å². The molecule has 2 fully saturated rings. The third-order valence-electron chi connectivity index (χ3n) is 2.80. The first-order valence-corrected chi connectivity index (χ1v) is 3.77. The van der Waals surface area contributed by atoms with Crippen molar-refractivity contribution >= 4 is 0 Å². The molecule has 2 saturated carbocycles. The molecule has 48 valence electrons. The summed E-state index contributed by atoms with van der Waals surface area (Å²) in [5.74, 6) is 0. The Hall–Kier alpha value is -0.480. The van der Waals surface area contributed by atoms with E-state index in [1.807, 2.05) is 0 Å². The standard InChI is InChI=1S/C9H12/c1-2-8-7-9(8)5-3-4-6-9/h1,3-7H2. The molecule has 0 nitrogen and oxygen atoms in total.